The Morgan fingerprint density at radius 1 is 1.20 bits per heavy atom. The zero-order valence-electron chi connectivity index (χ0n) is 23.5. The zero-order chi connectivity index (χ0) is 30.9. The molecule has 3 aromatic heterocycles. The van der Waals surface area contributed by atoms with Crippen molar-refractivity contribution in [3.05, 3.63) is 40.6 Å². The molecule has 1 spiro atoms. The van der Waals surface area contributed by atoms with E-state index >= 15 is 0 Å². The number of morpholine rings is 1. The van der Waals surface area contributed by atoms with E-state index in [9.17, 15) is 23.1 Å². The molecule has 3 fully saturated rings. The van der Waals surface area contributed by atoms with Crippen LogP contribution in [0.1, 0.15) is 31.2 Å². The Balaban J connectivity index is 1.26. The number of fused-ring (bicyclic) bond motifs is 3. The SMILES string of the molecule is Cc1c(F)ccc2c1oc1c(N3C[C@@H](Oc4nnc(Cl)cc4N4CCOC5(COC5)[C@@H]4C)C[C@H]3C(=O)O)nc(C(F)F)nc12. The van der Waals surface area contributed by atoms with Crippen LogP contribution in [0.3, 0.4) is 0 Å². The van der Waals surface area contributed by atoms with Crippen molar-refractivity contribution in [2.24, 2.45) is 0 Å². The number of aryl methyl sites for hydroxylation is 1. The molecule has 0 saturated carbocycles. The van der Waals surface area contributed by atoms with Crippen LogP contribution in [0, 0.1) is 12.7 Å². The fourth-order valence-corrected chi connectivity index (χ4v) is 6.30. The van der Waals surface area contributed by atoms with E-state index in [1.54, 1.807) is 6.07 Å². The molecule has 3 aliphatic heterocycles. The number of aromatic nitrogens is 4. The quantitative estimate of drug-likeness (QED) is 0.324. The van der Waals surface area contributed by atoms with Crippen LogP contribution in [0.15, 0.2) is 22.6 Å². The van der Waals surface area contributed by atoms with Gasteiger partial charge < -0.3 is 33.5 Å². The van der Waals surface area contributed by atoms with Gasteiger partial charge in [0.15, 0.2) is 22.4 Å². The summed E-state index contributed by atoms with van der Waals surface area (Å²) in [5.41, 5.74) is 0.320. The third kappa shape index (κ3) is 4.56. The highest BCUT2D eigenvalue weighted by Gasteiger charge is 2.50. The standard InChI is InChI=1S/C28H26ClF3N6O6/c1-12-16(30)4-3-15-20-22(44-21(12)15)25(34-24(33-20)23(31)32)38-9-14(7-18(38)27(39)40)43-26-17(8-19(29)35-36-26)37-5-6-42-28(13(37)2)10-41-11-28/h3-4,8,13-14,18,23H,5-7,9-11H2,1-2H3,(H,39,40)/t13-,14-,18-/m0/s1. The average molecular weight is 635 g/mol. The number of furan rings is 1. The first-order chi connectivity index (χ1) is 21.1. The number of carboxylic acids is 1. The van der Waals surface area contributed by atoms with Gasteiger partial charge in [0.2, 0.25) is 0 Å². The molecule has 12 nitrogen and oxygen atoms in total. The second-order valence-electron chi connectivity index (χ2n) is 11.1. The minimum absolute atomic E-state index is 0.0259. The minimum Gasteiger partial charge on any atom is -0.480 e. The smallest absolute Gasteiger partial charge is 0.326 e. The third-order valence-corrected chi connectivity index (χ3v) is 8.81. The van der Waals surface area contributed by atoms with E-state index in [-0.39, 0.29) is 58.1 Å². The molecule has 1 aromatic carbocycles. The van der Waals surface area contributed by atoms with Crippen LogP contribution >= 0.6 is 11.6 Å². The van der Waals surface area contributed by atoms with Crippen LogP contribution in [0.5, 0.6) is 5.88 Å². The second-order valence-corrected chi connectivity index (χ2v) is 11.5. The highest BCUT2D eigenvalue weighted by Crippen LogP contribution is 2.41. The molecule has 7 rings (SSSR count). The molecular formula is C28H26ClF3N6O6. The van der Waals surface area contributed by atoms with Gasteiger partial charge >= 0.3 is 5.97 Å². The van der Waals surface area contributed by atoms with E-state index in [2.05, 4.69) is 20.2 Å². The van der Waals surface area contributed by atoms with Gasteiger partial charge in [0.05, 0.1) is 32.4 Å². The molecule has 1 N–H and O–H groups in total. The molecule has 3 saturated heterocycles. The number of hydrogen-bond acceptors (Lipinski definition) is 11. The summed E-state index contributed by atoms with van der Waals surface area (Å²) in [6.45, 7) is 5.23. The summed E-state index contributed by atoms with van der Waals surface area (Å²) < 4.78 is 66.0. The van der Waals surface area contributed by atoms with Crippen molar-refractivity contribution in [1.29, 1.82) is 0 Å². The molecular weight excluding hydrogens is 609 g/mol. The summed E-state index contributed by atoms with van der Waals surface area (Å²) in [5, 5.41) is 18.7. The lowest BCUT2D eigenvalue weighted by atomic mass is 9.90. The lowest BCUT2D eigenvalue weighted by Gasteiger charge is -2.53. The molecule has 232 valence electrons. The minimum atomic E-state index is -3.06. The maximum absolute atomic E-state index is 14.3. The summed E-state index contributed by atoms with van der Waals surface area (Å²) in [6.07, 6.45) is -3.88. The monoisotopic (exact) mass is 634 g/mol. The Morgan fingerprint density at radius 2 is 2.00 bits per heavy atom. The van der Waals surface area contributed by atoms with Crippen molar-refractivity contribution >= 4 is 51.1 Å². The van der Waals surface area contributed by atoms with E-state index < -0.39 is 41.8 Å². The zero-order valence-corrected chi connectivity index (χ0v) is 24.2. The molecule has 3 atom stereocenters. The van der Waals surface area contributed by atoms with Crippen molar-refractivity contribution in [1.82, 2.24) is 20.2 Å². The molecule has 0 radical (unpaired) electrons. The van der Waals surface area contributed by atoms with Gasteiger partial charge in [-0.15, -0.1) is 10.2 Å². The van der Waals surface area contributed by atoms with Gasteiger partial charge in [0, 0.05) is 30.0 Å². The van der Waals surface area contributed by atoms with Gasteiger partial charge in [0.25, 0.3) is 12.3 Å². The summed E-state index contributed by atoms with van der Waals surface area (Å²) in [4.78, 5) is 23.9. The molecule has 0 unspecified atom stereocenters. The Kier molecular flexibility index (Phi) is 6.93. The number of hydrogen-bond donors (Lipinski definition) is 1. The maximum Gasteiger partial charge on any atom is 0.326 e. The van der Waals surface area contributed by atoms with Gasteiger partial charge in [-0.1, -0.05) is 11.6 Å². The predicted molar refractivity (Wildman–Crippen MR) is 150 cm³/mol. The average Bonchev–Trinajstić information content (AvgIpc) is 3.57. The van der Waals surface area contributed by atoms with Crippen LogP contribution in [0.25, 0.3) is 22.1 Å². The highest BCUT2D eigenvalue weighted by molar-refractivity contribution is 6.29. The molecule has 3 aliphatic rings. The largest absolute Gasteiger partial charge is 0.480 e. The number of carboxylic acid groups (broad SMARTS) is 1. The fraction of sp³-hybridized carbons (Fsp3) is 0.464. The first-order valence-electron chi connectivity index (χ1n) is 13.9. The second kappa shape index (κ2) is 10.6. The first kappa shape index (κ1) is 28.8. The molecule has 44 heavy (non-hydrogen) atoms. The van der Waals surface area contributed by atoms with Crippen molar-refractivity contribution in [3.63, 3.8) is 0 Å². The van der Waals surface area contributed by atoms with Gasteiger partial charge in [0.1, 0.15) is 40.4 Å². The Bertz CT molecular complexity index is 1790. The summed E-state index contributed by atoms with van der Waals surface area (Å²) in [7, 11) is 0. The van der Waals surface area contributed by atoms with E-state index in [4.69, 9.17) is 30.2 Å². The molecule has 0 amide bonds. The van der Waals surface area contributed by atoms with E-state index in [0.717, 1.165) is 0 Å². The van der Waals surface area contributed by atoms with E-state index in [1.807, 2.05) is 11.8 Å². The molecule has 6 heterocycles. The van der Waals surface area contributed by atoms with Crippen LogP contribution in [-0.2, 0) is 14.3 Å². The van der Waals surface area contributed by atoms with Crippen molar-refractivity contribution in [3.8, 4) is 5.88 Å². The third-order valence-electron chi connectivity index (χ3n) is 8.62. The molecule has 0 aliphatic carbocycles. The van der Waals surface area contributed by atoms with Crippen molar-refractivity contribution in [2.45, 2.75) is 50.5 Å². The number of aliphatic carboxylic acids is 1. The van der Waals surface area contributed by atoms with Crippen LogP contribution in [-0.4, -0.2) is 87.9 Å². The van der Waals surface area contributed by atoms with Gasteiger partial charge in [-0.2, -0.15) is 0 Å². The first-order valence-corrected chi connectivity index (χ1v) is 14.3. The maximum atomic E-state index is 14.3. The summed E-state index contributed by atoms with van der Waals surface area (Å²) >= 11 is 6.23. The van der Waals surface area contributed by atoms with Gasteiger partial charge in [-0.25, -0.2) is 27.9 Å². The Hall–Kier alpha value is -3.95. The number of benzene rings is 1. The molecule has 4 aromatic rings. The number of alkyl halides is 2. The van der Waals surface area contributed by atoms with Crippen LogP contribution in [0.4, 0.5) is 24.7 Å². The number of rotatable bonds is 6. The predicted octanol–water partition coefficient (Wildman–Crippen LogP) is 4.31. The lowest BCUT2D eigenvalue weighted by Crippen LogP contribution is -2.68. The number of halogens is 4. The topological polar surface area (TPSA) is 136 Å². The van der Waals surface area contributed by atoms with Gasteiger partial charge in [-0.05, 0) is 26.0 Å². The van der Waals surface area contributed by atoms with Crippen molar-refractivity contribution in [2.75, 3.05) is 42.7 Å². The number of ether oxygens (including phenoxy) is 3. The normalized spacial score (nSPS) is 23.2. The van der Waals surface area contributed by atoms with Crippen LogP contribution in [0.2, 0.25) is 5.15 Å². The Morgan fingerprint density at radius 3 is 2.70 bits per heavy atom. The number of carbonyl (C=O) groups is 1. The molecule has 16 heteroatoms. The summed E-state index contributed by atoms with van der Waals surface area (Å²) in [6, 6.07) is 2.85. The number of anilines is 2. The number of nitrogens with zero attached hydrogens (tertiary/aromatic N) is 6. The van der Waals surface area contributed by atoms with Crippen LogP contribution < -0.4 is 14.5 Å². The molecule has 0 bridgehead atoms. The van der Waals surface area contributed by atoms with E-state index in [1.165, 1.54) is 24.0 Å². The van der Waals surface area contributed by atoms with Gasteiger partial charge in [-0.3, -0.25) is 0 Å². The lowest BCUT2D eigenvalue weighted by molar-refractivity contribution is -0.228. The highest BCUT2D eigenvalue weighted by atomic mass is 35.5. The van der Waals surface area contributed by atoms with E-state index in [0.29, 0.717) is 37.4 Å². The summed E-state index contributed by atoms with van der Waals surface area (Å²) in [5.74, 6) is -2.62. The fourth-order valence-electron chi connectivity index (χ4n) is 6.16. The Labute approximate surface area is 252 Å². The van der Waals surface area contributed by atoms with Crippen molar-refractivity contribution < 1.29 is 41.7 Å².